The first-order chi connectivity index (χ1) is 13.0. The topological polar surface area (TPSA) is 73.0 Å². The summed E-state index contributed by atoms with van der Waals surface area (Å²) in [5, 5.41) is 2.84. The second-order valence-electron chi connectivity index (χ2n) is 7.72. The van der Waals surface area contributed by atoms with Crippen LogP contribution < -0.4 is 10.2 Å². The predicted octanol–water partition coefficient (Wildman–Crippen LogP) is 1.36. The third-order valence-corrected chi connectivity index (χ3v) is 5.93. The van der Waals surface area contributed by atoms with Crippen molar-refractivity contribution in [2.45, 2.75) is 32.2 Å². The molecular formula is C20H26N4O3. The number of amides is 4. The van der Waals surface area contributed by atoms with Gasteiger partial charge in [0, 0.05) is 50.9 Å². The predicted molar refractivity (Wildman–Crippen MR) is 101 cm³/mol. The van der Waals surface area contributed by atoms with Gasteiger partial charge in [-0.25, -0.2) is 4.79 Å². The van der Waals surface area contributed by atoms with Gasteiger partial charge in [0.1, 0.15) is 0 Å². The van der Waals surface area contributed by atoms with Crippen molar-refractivity contribution in [2.24, 2.45) is 5.92 Å². The molecule has 27 heavy (non-hydrogen) atoms. The second kappa shape index (κ2) is 7.21. The SMILES string of the molecule is Cc1ccc(N2C[C@H](C(=O)N3CCC(N4CCNC4=O)CC3)CC2=O)cc1. The van der Waals surface area contributed by atoms with E-state index in [9.17, 15) is 14.4 Å². The van der Waals surface area contributed by atoms with Crippen molar-refractivity contribution in [3.8, 4) is 0 Å². The highest BCUT2D eigenvalue weighted by Gasteiger charge is 2.39. The van der Waals surface area contributed by atoms with Crippen molar-refractivity contribution in [3.05, 3.63) is 29.8 Å². The number of carbonyl (C=O) groups excluding carboxylic acids is 3. The first kappa shape index (κ1) is 17.8. The van der Waals surface area contributed by atoms with Crippen molar-refractivity contribution >= 4 is 23.5 Å². The van der Waals surface area contributed by atoms with Crippen LogP contribution in [0.5, 0.6) is 0 Å². The lowest BCUT2D eigenvalue weighted by Gasteiger charge is -2.37. The molecule has 0 spiro atoms. The van der Waals surface area contributed by atoms with E-state index in [1.54, 1.807) is 4.90 Å². The van der Waals surface area contributed by atoms with Gasteiger partial charge in [0.05, 0.1) is 5.92 Å². The van der Waals surface area contributed by atoms with E-state index in [1.807, 2.05) is 41.0 Å². The average Bonchev–Trinajstić information content (AvgIpc) is 3.28. The number of rotatable bonds is 3. The molecule has 1 atom stereocenters. The zero-order chi connectivity index (χ0) is 19.0. The first-order valence-corrected chi connectivity index (χ1v) is 9.73. The number of anilines is 1. The van der Waals surface area contributed by atoms with E-state index in [-0.39, 0.29) is 36.2 Å². The summed E-state index contributed by atoms with van der Waals surface area (Å²) in [7, 11) is 0. The van der Waals surface area contributed by atoms with Crippen LogP contribution in [0.25, 0.3) is 0 Å². The minimum absolute atomic E-state index is 0.00917. The van der Waals surface area contributed by atoms with Crippen LogP contribution in [0.15, 0.2) is 24.3 Å². The molecule has 0 aliphatic carbocycles. The van der Waals surface area contributed by atoms with Crippen LogP contribution in [0, 0.1) is 12.8 Å². The standard InChI is InChI=1S/C20H26N4O3/c1-14-2-4-16(5-3-14)24-13-15(12-18(24)25)19(26)22-9-6-17(7-10-22)23-11-8-21-20(23)27/h2-5,15,17H,6-13H2,1H3,(H,21,27)/t15-/m1/s1. The molecule has 3 heterocycles. The lowest BCUT2D eigenvalue weighted by atomic mass is 10.0. The molecule has 4 amide bonds. The van der Waals surface area contributed by atoms with Crippen LogP contribution in [0.2, 0.25) is 0 Å². The number of likely N-dealkylation sites (tertiary alicyclic amines) is 1. The zero-order valence-electron chi connectivity index (χ0n) is 15.7. The summed E-state index contributed by atoms with van der Waals surface area (Å²) >= 11 is 0. The molecular weight excluding hydrogens is 344 g/mol. The lowest BCUT2D eigenvalue weighted by molar-refractivity contribution is -0.137. The van der Waals surface area contributed by atoms with Crippen molar-refractivity contribution in [2.75, 3.05) is 37.6 Å². The van der Waals surface area contributed by atoms with Crippen molar-refractivity contribution in [1.29, 1.82) is 0 Å². The maximum Gasteiger partial charge on any atom is 0.317 e. The monoisotopic (exact) mass is 370 g/mol. The number of nitrogens with one attached hydrogen (secondary N) is 1. The molecule has 0 saturated carbocycles. The van der Waals surface area contributed by atoms with E-state index in [4.69, 9.17) is 0 Å². The van der Waals surface area contributed by atoms with Crippen LogP contribution >= 0.6 is 0 Å². The van der Waals surface area contributed by atoms with Gasteiger partial charge in [-0.1, -0.05) is 17.7 Å². The number of carbonyl (C=O) groups is 3. The fourth-order valence-corrected chi connectivity index (χ4v) is 4.34. The third kappa shape index (κ3) is 3.50. The highest BCUT2D eigenvalue weighted by Crippen LogP contribution is 2.28. The van der Waals surface area contributed by atoms with Crippen molar-refractivity contribution < 1.29 is 14.4 Å². The molecule has 3 aliphatic rings. The summed E-state index contributed by atoms with van der Waals surface area (Å²) in [6.07, 6.45) is 1.89. The number of aryl methyl sites for hydroxylation is 1. The summed E-state index contributed by atoms with van der Waals surface area (Å²) in [6.45, 7) is 5.23. The Morgan fingerprint density at radius 1 is 1.07 bits per heavy atom. The van der Waals surface area contributed by atoms with E-state index in [2.05, 4.69) is 5.32 Å². The Kier molecular flexibility index (Phi) is 4.76. The van der Waals surface area contributed by atoms with Crippen LogP contribution in [0.4, 0.5) is 10.5 Å². The minimum Gasteiger partial charge on any atom is -0.342 e. The number of hydrogen-bond acceptors (Lipinski definition) is 3. The van der Waals surface area contributed by atoms with Gasteiger partial charge >= 0.3 is 6.03 Å². The number of nitrogens with zero attached hydrogens (tertiary/aromatic N) is 3. The molecule has 0 aromatic heterocycles. The Balaban J connectivity index is 1.34. The van der Waals surface area contributed by atoms with Crippen LogP contribution in [-0.2, 0) is 9.59 Å². The molecule has 0 bridgehead atoms. The molecule has 3 saturated heterocycles. The molecule has 0 radical (unpaired) electrons. The lowest BCUT2D eigenvalue weighted by Crippen LogP contribution is -2.49. The molecule has 3 fully saturated rings. The Bertz CT molecular complexity index is 740. The molecule has 7 heteroatoms. The van der Waals surface area contributed by atoms with Gasteiger partial charge in [-0.2, -0.15) is 0 Å². The smallest absolute Gasteiger partial charge is 0.317 e. The molecule has 4 rings (SSSR count). The number of piperidine rings is 1. The van der Waals surface area contributed by atoms with Gasteiger partial charge in [-0.05, 0) is 31.9 Å². The van der Waals surface area contributed by atoms with Crippen LogP contribution in [-0.4, -0.2) is 66.4 Å². The molecule has 3 aliphatic heterocycles. The molecule has 7 nitrogen and oxygen atoms in total. The van der Waals surface area contributed by atoms with E-state index < -0.39 is 0 Å². The molecule has 1 N–H and O–H groups in total. The molecule has 0 unspecified atom stereocenters. The van der Waals surface area contributed by atoms with Gasteiger partial charge in [0.25, 0.3) is 0 Å². The maximum atomic E-state index is 12.9. The highest BCUT2D eigenvalue weighted by atomic mass is 16.2. The number of benzene rings is 1. The third-order valence-electron chi connectivity index (χ3n) is 5.93. The summed E-state index contributed by atoms with van der Waals surface area (Å²) < 4.78 is 0. The summed E-state index contributed by atoms with van der Waals surface area (Å²) in [6, 6.07) is 8.06. The Morgan fingerprint density at radius 3 is 2.41 bits per heavy atom. The van der Waals surface area contributed by atoms with E-state index >= 15 is 0 Å². The summed E-state index contributed by atoms with van der Waals surface area (Å²) in [5.74, 6) is -0.187. The van der Waals surface area contributed by atoms with Crippen molar-refractivity contribution in [3.63, 3.8) is 0 Å². The van der Waals surface area contributed by atoms with Gasteiger partial charge < -0.3 is 20.0 Å². The zero-order valence-corrected chi connectivity index (χ0v) is 15.7. The fraction of sp³-hybridized carbons (Fsp3) is 0.550. The van der Waals surface area contributed by atoms with Crippen molar-refractivity contribution in [1.82, 2.24) is 15.1 Å². The summed E-state index contributed by atoms with van der Waals surface area (Å²) in [4.78, 5) is 42.7. The normalized spacial score (nSPS) is 23.9. The summed E-state index contributed by atoms with van der Waals surface area (Å²) in [5.41, 5.74) is 2.01. The van der Waals surface area contributed by atoms with E-state index in [0.29, 0.717) is 26.2 Å². The highest BCUT2D eigenvalue weighted by molar-refractivity contribution is 6.00. The second-order valence-corrected chi connectivity index (χ2v) is 7.72. The molecule has 1 aromatic rings. The molecule has 1 aromatic carbocycles. The first-order valence-electron chi connectivity index (χ1n) is 9.73. The quantitative estimate of drug-likeness (QED) is 0.873. The Labute approximate surface area is 159 Å². The van der Waals surface area contributed by atoms with Gasteiger partial charge in [0.2, 0.25) is 11.8 Å². The van der Waals surface area contributed by atoms with Gasteiger partial charge in [-0.3, -0.25) is 9.59 Å². The number of urea groups is 1. The van der Waals surface area contributed by atoms with Gasteiger partial charge in [-0.15, -0.1) is 0 Å². The Hall–Kier alpha value is -2.57. The van der Waals surface area contributed by atoms with E-state index in [0.717, 1.165) is 30.6 Å². The molecule has 144 valence electrons. The number of hydrogen-bond donors (Lipinski definition) is 1. The van der Waals surface area contributed by atoms with Crippen LogP contribution in [0.1, 0.15) is 24.8 Å². The van der Waals surface area contributed by atoms with E-state index in [1.165, 1.54) is 0 Å². The largest absolute Gasteiger partial charge is 0.342 e. The Morgan fingerprint density at radius 2 is 1.78 bits per heavy atom. The fourth-order valence-electron chi connectivity index (χ4n) is 4.34. The van der Waals surface area contributed by atoms with Crippen LogP contribution in [0.3, 0.4) is 0 Å². The average molecular weight is 370 g/mol. The minimum atomic E-state index is -0.273. The maximum absolute atomic E-state index is 12.9. The van der Waals surface area contributed by atoms with Gasteiger partial charge in [0.15, 0.2) is 0 Å².